The van der Waals surface area contributed by atoms with E-state index in [1.165, 1.54) is 283 Å². The van der Waals surface area contributed by atoms with Gasteiger partial charge in [-0.2, -0.15) is 0 Å². The molecule has 0 aromatic heterocycles. The molecule has 0 aliphatic carbocycles. The number of unbranched alkanes of at least 4 members (excludes halogenated alkanes) is 48. The highest BCUT2D eigenvalue weighted by atomic mass is 16.6. The number of allylic oxidation sites excluding steroid dienone is 10. The maximum absolute atomic E-state index is 12.3. The standard InChI is InChI=1S/C74H136O5/c1-3-5-7-9-11-13-15-17-19-21-23-25-27-29-30-31-32-33-34-35-36-37-38-39-40-41-42-43-45-46-48-50-52-54-56-58-60-62-64-66-68-73(76)78-71-72(70-75)79-74(77)69-67-65-63-61-59-57-55-53-51-49-47-44-28-26-24-22-20-18-16-14-12-10-8-6-4-2/h6,8,12,14,18,20,24,26,44,47,72,75H,3-5,7,9-11,13,15-17,19,21-23,25,27-43,45-46,48-71H2,1-2H3/b8-6-,14-12-,20-18-,26-24-,47-44-. The number of carbonyl (C=O) groups is 2. The Morgan fingerprint density at radius 3 is 0.823 bits per heavy atom. The van der Waals surface area contributed by atoms with Crippen molar-refractivity contribution in [3.05, 3.63) is 60.8 Å². The van der Waals surface area contributed by atoms with Gasteiger partial charge in [-0.25, -0.2) is 0 Å². The Balaban J connectivity index is 3.38. The third-order valence-electron chi connectivity index (χ3n) is 16.1. The predicted octanol–water partition coefficient (Wildman–Crippen LogP) is 24.5. The summed E-state index contributed by atoms with van der Waals surface area (Å²) in [5, 5.41) is 9.69. The first kappa shape index (κ1) is 76.6. The summed E-state index contributed by atoms with van der Waals surface area (Å²) in [6.45, 7) is 4.07. The second kappa shape index (κ2) is 69.9. The average Bonchev–Trinajstić information content (AvgIpc) is 3.45. The smallest absolute Gasteiger partial charge is 0.306 e. The van der Waals surface area contributed by atoms with Gasteiger partial charge in [0.05, 0.1) is 6.61 Å². The predicted molar refractivity (Wildman–Crippen MR) is 348 cm³/mol. The molecule has 462 valence electrons. The topological polar surface area (TPSA) is 72.8 Å². The Labute approximate surface area is 493 Å². The molecule has 0 fully saturated rings. The summed E-state index contributed by atoms with van der Waals surface area (Å²) in [7, 11) is 0. The van der Waals surface area contributed by atoms with E-state index in [2.05, 4.69) is 74.6 Å². The van der Waals surface area contributed by atoms with E-state index in [-0.39, 0.29) is 25.2 Å². The number of aliphatic hydroxyl groups excluding tert-OH is 1. The molecule has 0 aliphatic heterocycles. The van der Waals surface area contributed by atoms with Gasteiger partial charge in [0, 0.05) is 12.8 Å². The minimum absolute atomic E-state index is 0.0663. The Bertz CT molecular complexity index is 1340. The normalized spacial score (nSPS) is 12.5. The lowest BCUT2D eigenvalue weighted by Gasteiger charge is -2.15. The zero-order chi connectivity index (χ0) is 56.9. The Morgan fingerprint density at radius 2 is 0.544 bits per heavy atom. The number of aliphatic hydroxyl groups is 1. The van der Waals surface area contributed by atoms with Gasteiger partial charge in [0.25, 0.3) is 0 Å². The summed E-state index contributed by atoms with van der Waals surface area (Å²) in [6.07, 6.45) is 95.6. The highest BCUT2D eigenvalue weighted by Gasteiger charge is 2.16. The third kappa shape index (κ3) is 68.0. The maximum Gasteiger partial charge on any atom is 0.306 e. The second-order valence-corrected chi connectivity index (χ2v) is 23.9. The van der Waals surface area contributed by atoms with E-state index >= 15 is 0 Å². The average molecular weight is 1110 g/mol. The van der Waals surface area contributed by atoms with Crippen LogP contribution in [0, 0.1) is 0 Å². The lowest BCUT2D eigenvalue weighted by molar-refractivity contribution is -0.161. The maximum atomic E-state index is 12.3. The van der Waals surface area contributed by atoms with Gasteiger partial charge in [0.15, 0.2) is 6.10 Å². The molecule has 1 atom stereocenters. The molecule has 0 bridgehead atoms. The van der Waals surface area contributed by atoms with Crippen LogP contribution in [0.3, 0.4) is 0 Å². The van der Waals surface area contributed by atoms with Crippen molar-refractivity contribution in [2.45, 2.75) is 386 Å². The van der Waals surface area contributed by atoms with Gasteiger partial charge in [-0.3, -0.25) is 9.59 Å². The van der Waals surface area contributed by atoms with E-state index in [9.17, 15) is 14.7 Å². The molecule has 0 aliphatic rings. The summed E-state index contributed by atoms with van der Waals surface area (Å²) >= 11 is 0. The van der Waals surface area contributed by atoms with Crippen molar-refractivity contribution in [3.8, 4) is 0 Å². The number of ether oxygens (including phenoxy) is 2. The number of hydrogen-bond acceptors (Lipinski definition) is 5. The van der Waals surface area contributed by atoms with Crippen LogP contribution in [0.2, 0.25) is 0 Å². The molecule has 0 saturated heterocycles. The lowest BCUT2D eigenvalue weighted by atomic mass is 10.0. The van der Waals surface area contributed by atoms with Crippen LogP contribution < -0.4 is 0 Å². The summed E-state index contributed by atoms with van der Waals surface area (Å²) in [4.78, 5) is 24.6. The number of hydrogen-bond donors (Lipinski definition) is 1. The molecular formula is C74H136O5. The number of carbonyl (C=O) groups excluding carboxylic acids is 2. The largest absolute Gasteiger partial charge is 0.462 e. The van der Waals surface area contributed by atoms with Gasteiger partial charge >= 0.3 is 11.9 Å². The van der Waals surface area contributed by atoms with Crippen LogP contribution >= 0.6 is 0 Å². The molecule has 0 spiro atoms. The first-order valence-electron chi connectivity index (χ1n) is 35.3. The monoisotopic (exact) mass is 1110 g/mol. The van der Waals surface area contributed by atoms with Crippen molar-refractivity contribution in [2.24, 2.45) is 0 Å². The fourth-order valence-electron chi connectivity index (χ4n) is 10.8. The molecule has 1 N–H and O–H groups in total. The van der Waals surface area contributed by atoms with Crippen LogP contribution in [0.4, 0.5) is 0 Å². The molecule has 1 unspecified atom stereocenters. The van der Waals surface area contributed by atoms with Crippen molar-refractivity contribution in [3.63, 3.8) is 0 Å². The van der Waals surface area contributed by atoms with Crippen LogP contribution in [0.15, 0.2) is 60.8 Å². The van der Waals surface area contributed by atoms with E-state index in [1.807, 2.05) is 0 Å². The van der Waals surface area contributed by atoms with Crippen LogP contribution in [0.1, 0.15) is 380 Å². The van der Waals surface area contributed by atoms with Gasteiger partial charge in [0.1, 0.15) is 6.61 Å². The number of esters is 2. The molecule has 0 aromatic carbocycles. The van der Waals surface area contributed by atoms with E-state index < -0.39 is 6.10 Å². The van der Waals surface area contributed by atoms with E-state index in [4.69, 9.17) is 9.47 Å². The molecule has 0 heterocycles. The molecule has 79 heavy (non-hydrogen) atoms. The zero-order valence-corrected chi connectivity index (χ0v) is 53.2. The Morgan fingerprint density at radius 1 is 0.304 bits per heavy atom. The molecule has 0 saturated carbocycles. The molecular weight excluding hydrogens is 969 g/mol. The summed E-state index contributed by atoms with van der Waals surface area (Å²) < 4.78 is 10.8. The van der Waals surface area contributed by atoms with Crippen LogP contribution in [0.25, 0.3) is 0 Å². The molecule has 5 nitrogen and oxygen atoms in total. The SMILES string of the molecule is CC/C=C\C/C=C\C/C=C\C/C=C\C/C=C\CCCCCCCCCCCC(=O)OC(CO)COC(=O)CCCCCCCCCCCCCCCCCCCCCCCCCCCCCCCCCCCCCCCCCC. The fourth-order valence-corrected chi connectivity index (χ4v) is 10.8. The van der Waals surface area contributed by atoms with Crippen LogP contribution in [0.5, 0.6) is 0 Å². The summed E-state index contributed by atoms with van der Waals surface area (Å²) in [6, 6.07) is 0. The van der Waals surface area contributed by atoms with Crippen molar-refractivity contribution >= 4 is 11.9 Å². The van der Waals surface area contributed by atoms with E-state index in [1.54, 1.807) is 0 Å². The summed E-state index contributed by atoms with van der Waals surface area (Å²) in [5.74, 6) is -0.582. The van der Waals surface area contributed by atoms with Gasteiger partial charge in [-0.05, 0) is 57.8 Å². The number of rotatable bonds is 66. The van der Waals surface area contributed by atoms with Gasteiger partial charge in [-0.15, -0.1) is 0 Å². The first-order valence-corrected chi connectivity index (χ1v) is 35.3. The quantitative estimate of drug-likeness (QED) is 0.0373. The highest BCUT2D eigenvalue weighted by Crippen LogP contribution is 2.19. The molecule has 5 heteroatoms. The van der Waals surface area contributed by atoms with E-state index in [0.717, 1.165) is 70.6 Å². The van der Waals surface area contributed by atoms with Gasteiger partial charge in [-0.1, -0.05) is 370 Å². The summed E-state index contributed by atoms with van der Waals surface area (Å²) in [5.41, 5.74) is 0. The zero-order valence-electron chi connectivity index (χ0n) is 53.2. The first-order chi connectivity index (χ1) is 39.1. The molecule has 0 amide bonds. The molecule has 0 rings (SSSR count). The van der Waals surface area contributed by atoms with Gasteiger partial charge in [0.2, 0.25) is 0 Å². The van der Waals surface area contributed by atoms with Crippen molar-refractivity contribution in [2.75, 3.05) is 13.2 Å². The second-order valence-electron chi connectivity index (χ2n) is 23.9. The third-order valence-corrected chi connectivity index (χ3v) is 16.1. The Kier molecular flexibility index (Phi) is 67.7. The molecule has 0 aromatic rings. The lowest BCUT2D eigenvalue weighted by Crippen LogP contribution is -2.28. The Hall–Kier alpha value is -2.40. The van der Waals surface area contributed by atoms with Gasteiger partial charge < -0.3 is 14.6 Å². The van der Waals surface area contributed by atoms with Crippen molar-refractivity contribution in [1.82, 2.24) is 0 Å². The van der Waals surface area contributed by atoms with Crippen LogP contribution in [-0.4, -0.2) is 36.4 Å². The van der Waals surface area contributed by atoms with Crippen molar-refractivity contribution in [1.29, 1.82) is 0 Å². The highest BCUT2D eigenvalue weighted by molar-refractivity contribution is 5.70. The fraction of sp³-hybridized carbons (Fsp3) is 0.838. The van der Waals surface area contributed by atoms with Crippen molar-refractivity contribution < 1.29 is 24.2 Å². The minimum atomic E-state index is -0.778. The molecule has 0 radical (unpaired) electrons. The van der Waals surface area contributed by atoms with Crippen LogP contribution in [-0.2, 0) is 19.1 Å². The minimum Gasteiger partial charge on any atom is -0.462 e. The van der Waals surface area contributed by atoms with E-state index in [0.29, 0.717) is 12.8 Å².